The summed E-state index contributed by atoms with van der Waals surface area (Å²) in [6, 6.07) is 9.47. The first kappa shape index (κ1) is 13.0. The van der Waals surface area contributed by atoms with Crippen molar-refractivity contribution < 1.29 is 0 Å². The SMILES string of the molecule is CCNC(C)c1ccccc1NC(C)CC. The number of anilines is 1. The predicted molar refractivity (Wildman–Crippen MR) is 71.9 cm³/mol. The van der Waals surface area contributed by atoms with E-state index < -0.39 is 0 Å². The van der Waals surface area contributed by atoms with Gasteiger partial charge in [-0.25, -0.2) is 0 Å². The maximum Gasteiger partial charge on any atom is 0.0390 e. The molecule has 0 bridgehead atoms. The van der Waals surface area contributed by atoms with Crippen molar-refractivity contribution in [1.29, 1.82) is 0 Å². The molecule has 90 valence electrons. The maximum absolute atomic E-state index is 3.56. The summed E-state index contributed by atoms with van der Waals surface area (Å²) in [4.78, 5) is 0. The second-order valence-corrected chi connectivity index (χ2v) is 4.32. The average Bonchev–Trinajstić information content (AvgIpc) is 2.30. The zero-order chi connectivity index (χ0) is 12.0. The van der Waals surface area contributed by atoms with Crippen LogP contribution in [-0.2, 0) is 0 Å². The van der Waals surface area contributed by atoms with E-state index in [9.17, 15) is 0 Å². The van der Waals surface area contributed by atoms with E-state index >= 15 is 0 Å². The molecule has 0 heterocycles. The molecule has 0 aromatic heterocycles. The van der Waals surface area contributed by atoms with Crippen molar-refractivity contribution >= 4 is 5.69 Å². The lowest BCUT2D eigenvalue weighted by atomic mass is 10.1. The number of nitrogens with one attached hydrogen (secondary N) is 2. The first-order valence-electron chi connectivity index (χ1n) is 6.27. The zero-order valence-electron chi connectivity index (χ0n) is 10.9. The van der Waals surface area contributed by atoms with Gasteiger partial charge in [0.1, 0.15) is 0 Å². The lowest BCUT2D eigenvalue weighted by molar-refractivity contribution is 0.598. The summed E-state index contributed by atoms with van der Waals surface area (Å²) < 4.78 is 0. The highest BCUT2D eigenvalue weighted by Crippen LogP contribution is 2.23. The summed E-state index contributed by atoms with van der Waals surface area (Å²) in [6.45, 7) is 9.77. The predicted octanol–water partition coefficient (Wildman–Crippen LogP) is 3.57. The summed E-state index contributed by atoms with van der Waals surface area (Å²) in [7, 11) is 0. The third-order valence-electron chi connectivity index (χ3n) is 2.95. The first-order chi connectivity index (χ1) is 7.69. The molecular formula is C14H24N2. The molecule has 0 spiro atoms. The van der Waals surface area contributed by atoms with Gasteiger partial charge in [-0.1, -0.05) is 32.0 Å². The Balaban J connectivity index is 2.82. The fourth-order valence-corrected chi connectivity index (χ4v) is 1.79. The molecule has 0 aliphatic heterocycles. The smallest absolute Gasteiger partial charge is 0.0390 e. The first-order valence-corrected chi connectivity index (χ1v) is 6.27. The van der Waals surface area contributed by atoms with Crippen LogP contribution >= 0.6 is 0 Å². The fraction of sp³-hybridized carbons (Fsp3) is 0.571. The quantitative estimate of drug-likeness (QED) is 0.766. The third kappa shape index (κ3) is 3.53. The fourth-order valence-electron chi connectivity index (χ4n) is 1.79. The number of rotatable bonds is 6. The molecule has 1 aromatic rings. The molecule has 0 fully saturated rings. The Bertz CT molecular complexity index is 309. The van der Waals surface area contributed by atoms with Gasteiger partial charge in [-0.3, -0.25) is 0 Å². The molecule has 2 unspecified atom stereocenters. The molecule has 0 saturated heterocycles. The van der Waals surface area contributed by atoms with E-state index in [1.807, 2.05) is 0 Å². The maximum atomic E-state index is 3.56. The van der Waals surface area contributed by atoms with E-state index in [1.165, 1.54) is 11.3 Å². The summed E-state index contributed by atoms with van der Waals surface area (Å²) in [5.74, 6) is 0. The van der Waals surface area contributed by atoms with Crippen LogP contribution in [0.3, 0.4) is 0 Å². The molecular weight excluding hydrogens is 196 g/mol. The van der Waals surface area contributed by atoms with Gasteiger partial charge in [0.15, 0.2) is 0 Å². The standard InChI is InChI=1S/C14H24N2/c1-5-11(3)16-14-10-8-7-9-13(14)12(4)15-6-2/h7-12,15-16H,5-6H2,1-4H3. The number of hydrogen-bond donors (Lipinski definition) is 2. The number of hydrogen-bond acceptors (Lipinski definition) is 2. The Morgan fingerprint density at radius 2 is 1.81 bits per heavy atom. The molecule has 0 radical (unpaired) electrons. The van der Waals surface area contributed by atoms with Gasteiger partial charge in [-0.05, 0) is 38.4 Å². The van der Waals surface area contributed by atoms with Crippen LogP contribution in [-0.4, -0.2) is 12.6 Å². The van der Waals surface area contributed by atoms with Crippen molar-refractivity contribution in [3.8, 4) is 0 Å². The van der Waals surface area contributed by atoms with Crippen LogP contribution in [0.1, 0.15) is 45.7 Å². The minimum absolute atomic E-state index is 0.401. The van der Waals surface area contributed by atoms with Crippen LogP contribution in [0.15, 0.2) is 24.3 Å². The minimum Gasteiger partial charge on any atom is -0.382 e. The van der Waals surface area contributed by atoms with E-state index in [-0.39, 0.29) is 0 Å². The van der Waals surface area contributed by atoms with Crippen LogP contribution in [0, 0.1) is 0 Å². The lowest BCUT2D eigenvalue weighted by Gasteiger charge is -2.21. The molecule has 0 aliphatic carbocycles. The molecule has 16 heavy (non-hydrogen) atoms. The van der Waals surface area contributed by atoms with Crippen molar-refractivity contribution in [3.05, 3.63) is 29.8 Å². The normalized spacial score (nSPS) is 14.5. The second-order valence-electron chi connectivity index (χ2n) is 4.32. The van der Waals surface area contributed by atoms with Gasteiger partial charge in [0.2, 0.25) is 0 Å². The van der Waals surface area contributed by atoms with Gasteiger partial charge < -0.3 is 10.6 Å². The molecule has 1 rings (SSSR count). The van der Waals surface area contributed by atoms with Crippen molar-refractivity contribution in [2.24, 2.45) is 0 Å². The Hall–Kier alpha value is -1.02. The van der Waals surface area contributed by atoms with Crippen LogP contribution in [0.4, 0.5) is 5.69 Å². The Labute approximate surface area is 99.5 Å². The Morgan fingerprint density at radius 3 is 2.44 bits per heavy atom. The molecule has 0 saturated carbocycles. The van der Waals surface area contributed by atoms with E-state index in [4.69, 9.17) is 0 Å². The minimum atomic E-state index is 0.401. The molecule has 2 nitrogen and oxygen atoms in total. The van der Waals surface area contributed by atoms with Crippen molar-refractivity contribution in [1.82, 2.24) is 5.32 Å². The van der Waals surface area contributed by atoms with Crippen LogP contribution in [0.25, 0.3) is 0 Å². The lowest BCUT2D eigenvalue weighted by Crippen LogP contribution is -2.21. The van der Waals surface area contributed by atoms with Crippen molar-refractivity contribution in [2.45, 2.75) is 46.2 Å². The molecule has 2 N–H and O–H groups in total. The highest BCUT2D eigenvalue weighted by Gasteiger charge is 2.09. The van der Waals surface area contributed by atoms with Gasteiger partial charge in [0, 0.05) is 17.8 Å². The topological polar surface area (TPSA) is 24.1 Å². The van der Waals surface area contributed by atoms with E-state index in [2.05, 4.69) is 62.6 Å². The van der Waals surface area contributed by atoms with Crippen molar-refractivity contribution in [2.75, 3.05) is 11.9 Å². The molecule has 0 amide bonds. The van der Waals surface area contributed by atoms with E-state index in [1.54, 1.807) is 0 Å². The highest BCUT2D eigenvalue weighted by atomic mass is 14.9. The van der Waals surface area contributed by atoms with Crippen LogP contribution < -0.4 is 10.6 Å². The summed E-state index contributed by atoms with van der Waals surface area (Å²) in [5.41, 5.74) is 2.61. The highest BCUT2D eigenvalue weighted by molar-refractivity contribution is 5.53. The number of para-hydroxylation sites is 1. The zero-order valence-corrected chi connectivity index (χ0v) is 10.9. The monoisotopic (exact) mass is 220 g/mol. The molecule has 2 atom stereocenters. The van der Waals surface area contributed by atoms with Gasteiger partial charge in [-0.2, -0.15) is 0 Å². The number of benzene rings is 1. The largest absolute Gasteiger partial charge is 0.382 e. The van der Waals surface area contributed by atoms with Gasteiger partial charge in [0.25, 0.3) is 0 Å². The van der Waals surface area contributed by atoms with Gasteiger partial charge in [0.05, 0.1) is 0 Å². The molecule has 2 heteroatoms. The van der Waals surface area contributed by atoms with Crippen LogP contribution in [0.2, 0.25) is 0 Å². The second kappa shape index (κ2) is 6.54. The summed E-state index contributed by atoms with van der Waals surface area (Å²) in [5, 5.41) is 7.01. The van der Waals surface area contributed by atoms with E-state index in [0.29, 0.717) is 12.1 Å². The van der Waals surface area contributed by atoms with Gasteiger partial charge in [-0.15, -0.1) is 0 Å². The summed E-state index contributed by atoms with van der Waals surface area (Å²) in [6.07, 6.45) is 1.14. The molecule has 0 aliphatic rings. The van der Waals surface area contributed by atoms with Crippen LogP contribution in [0.5, 0.6) is 0 Å². The summed E-state index contributed by atoms with van der Waals surface area (Å²) >= 11 is 0. The Morgan fingerprint density at radius 1 is 1.12 bits per heavy atom. The Kier molecular flexibility index (Phi) is 5.33. The van der Waals surface area contributed by atoms with Crippen molar-refractivity contribution in [3.63, 3.8) is 0 Å². The van der Waals surface area contributed by atoms with Gasteiger partial charge >= 0.3 is 0 Å². The van der Waals surface area contributed by atoms with E-state index in [0.717, 1.165) is 13.0 Å². The average molecular weight is 220 g/mol. The molecule has 1 aromatic carbocycles. The third-order valence-corrected chi connectivity index (χ3v) is 2.95.